The van der Waals surface area contributed by atoms with Gasteiger partial charge >= 0.3 is 0 Å². The maximum atomic E-state index is 11.5. The van der Waals surface area contributed by atoms with Gasteiger partial charge in [-0.2, -0.15) is 0 Å². The zero-order valence-electron chi connectivity index (χ0n) is 12.4. The summed E-state index contributed by atoms with van der Waals surface area (Å²) in [6.45, 7) is 0. The van der Waals surface area contributed by atoms with Gasteiger partial charge in [0.05, 0.1) is 0 Å². The van der Waals surface area contributed by atoms with Crippen molar-refractivity contribution in [3.8, 4) is 0 Å². The van der Waals surface area contributed by atoms with E-state index in [-0.39, 0.29) is 0 Å². The molecular formula is C20H17ClO2. The summed E-state index contributed by atoms with van der Waals surface area (Å²) < 4.78 is 0. The highest BCUT2D eigenvalue weighted by Crippen LogP contribution is 2.41. The second-order valence-electron chi connectivity index (χ2n) is 5.45. The molecule has 0 amide bonds. The SMILES string of the molecule is O[C@@H](c1ccccc1)[C@@](O)(c1ccccc1)c1ccc(Cl)cc1. The minimum atomic E-state index is -1.56. The minimum Gasteiger partial charge on any atom is -0.385 e. The molecule has 116 valence electrons. The van der Waals surface area contributed by atoms with Crippen LogP contribution >= 0.6 is 11.6 Å². The zero-order valence-corrected chi connectivity index (χ0v) is 13.2. The third-order valence-corrected chi connectivity index (χ3v) is 4.26. The summed E-state index contributed by atoms with van der Waals surface area (Å²) in [6.07, 6.45) is -1.10. The number of rotatable bonds is 4. The molecule has 3 rings (SSSR count). The van der Waals surface area contributed by atoms with E-state index in [9.17, 15) is 10.2 Å². The lowest BCUT2D eigenvalue weighted by atomic mass is 9.79. The van der Waals surface area contributed by atoms with E-state index in [1.807, 2.05) is 36.4 Å². The fraction of sp³-hybridized carbons (Fsp3) is 0.100. The Bertz CT molecular complexity index is 757. The highest BCUT2D eigenvalue weighted by Gasteiger charge is 2.40. The van der Waals surface area contributed by atoms with E-state index in [1.165, 1.54) is 0 Å². The number of hydrogen-bond donors (Lipinski definition) is 2. The zero-order chi connectivity index (χ0) is 16.3. The first-order valence-electron chi connectivity index (χ1n) is 7.39. The van der Waals surface area contributed by atoms with E-state index in [0.717, 1.165) is 0 Å². The van der Waals surface area contributed by atoms with Crippen LogP contribution in [-0.2, 0) is 5.60 Å². The average Bonchev–Trinajstić information content (AvgIpc) is 2.62. The molecule has 3 heteroatoms. The Labute approximate surface area is 140 Å². The average molecular weight is 325 g/mol. The van der Waals surface area contributed by atoms with Gasteiger partial charge in [-0.3, -0.25) is 0 Å². The summed E-state index contributed by atoms with van der Waals surface area (Å²) in [4.78, 5) is 0. The van der Waals surface area contributed by atoms with Crippen molar-refractivity contribution in [2.45, 2.75) is 11.7 Å². The second kappa shape index (κ2) is 6.55. The Balaban J connectivity index is 2.16. The van der Waals surface area contributed by atoms with Crippen LogP contribution in [-0.4, -0.2) is 10.2 Å². The first kappa shape index (κ1) is 15.8. The van der Waals surface area contributed by atoms with Crippen LogP contribution in [0.2, 0.25) is 5.02 Å². The Morgan fingerprint density at radius 2 is 1.17 bits per heavy atom. The molecule has 3 aromatic carbocycles. The van der Waals surface area contributed by atoms with E-state index in [2.05, 4.69) is 0 Å². The number of aliphatic hydroxyl groups excluding tert-OH is 1. The van der Waals surface area contributed by atoms with Gasteiger partial charge in [0.1, 0.15) is 11.7 Å². The van der Waals surface area contributed by atoms with Crippen molar-refractivity contribution in [3.63, 3.8) is 0 Å². The summed E-state index contributed by atoms with van der Waals surface area (Å²) in [5.41, 5.74) is 0.296. The highest BCUT2D eigenvalue weighted by molar-refractivity contribution is 6.30. The standard InChI is InChI=1S/C20H17ClO2/c21-18-13-11-17(12-14-18)20(23,16-9-5-2-6-10-16)19(22)15-7-3-1-4-8-15/h1-14,19,22-23H/t19-,20+/m0/s1. The first-order chi connectivity index (χ1) is 11.1. The quantitative estimate of drug-likeness (QED) is 0.750. The molecule has 0 spiro atoms. The predicted molar refractivity (Wildman–Crippen MR) is 92.3 cm³/mol. The summed E-state index contributed by atoms with van der Waals surface area (Å²) in [5, 5.41) is 23.0. The fourth-order valence-corrected chi connectivity index (χ4v) is 2.88. The van der Waals surface area contributed by atoms with Gasteiger partial charge in [-0.1, -0.05) is 84.4 Å². The molecule has 0 bridgehead atoms. The van der Waals surface area contributed by atoms with Gasteiger partial charge in [0.15, 0.2) is 0 Å². The normalized spacial score (nSPS) is 14.9. The van der Waals surface area contributed by atoms with Gasteiger partial charge in [-0.15, -0.1) is 0 Å². The summed E-state index contributed by atoms with van der Waals surface area (Å²) in [6, 6.07) is 25.2. The molecule has 2 N–H and O–H groups in total. The van der Waals surface area contributed by atoms with Crippen LogP contribution in [0.4, 0.5) is 0 Å². The lowest BCUT2D eigenvalue weighted by Crippen LogP contribution is -2.35. The molecule has 3 aromatic rings. The smallest absolute Gasteiger partial charge is 0.145 e. The number of hydrogen-bond acceptors (Lipinski definition) is 2. The van der Waals surface area contributed by atoms with Crippen molar-refractivity contribution in [2.75, 3.05) is 0 Å². The molecule has 0 aliphatic carbocycles. The van der Waals surface area contributed by atoms with Crippen LogP contribution in [0.15, 0.2) is 84.9 Å². The van der Waals surface area contributed by atoms with E-state index in [1.54, 1.807) is 48.5 Å². The van der Waals surface area contributed by atoms with Crippen molar-refractivity contribution in [1.29, 1.82) is 0 Å². The summed E-state index contributed by atoms with van der Waals surface area (Å²) >= 11 is 5.96. The van der Waals surface area contributed by atoms with Crippen LogP contribution in [0, 0.1) is 0 Å². The van der Waals surface area contributed by atoms with Gasteiger partial charge in [0, 0.05) is 5.02 Å². The first-order valence-corrected chi connectivity index (χ1v) is 7.77. The molecule has 0 aliphatic heterocycles. The summed E-state index contributed by atoms with van der Waals surface area (Å²) in [5.74, 6) is 0. The predicted octanol–water partition coefficient (Wildman–Crippen LogP) is 4.31. The van der Waals surface area contributed by atoms with Crippen LogP contribution in [0.25, 0.3) is 0 Å². The summed E-state index contributed by atoms with van der Waals surface area (Å²) in [7, 11) is 0. The molecule has 0 saturated carbocycles. The van der Waals surface area contributed by atoms with Crippen molar-refractivity contribution < 1.29 is 10.2 Å². The molecule has 0 saturated heterocycles. The Morgan fingerprint density at radius 1 is 0.696 bits per heavy atom. The van der Waals surface area contributed by atoms with Crippen molar-refractivity contribution >= 4 is 11.6 Å². The Morgan fingerprint density at radius 3 is 1.74 bits per heavy atom. The van der Waals surface area contributed by atoms with Crippen molar-refractivity contribution in [3.05, 3.63) is 107 Å². The molecule has 2 nitrogen and oxygen atoms in total. The molecule has 2 atom stereocenters. The van der Waals surface area contributed by atoms with E-state index >= 15 is 0 Å². The molecule has 0 unspecified atom stereocenters. The van der Waals surface area contributed by atoms with Gasteiger partial charge in [0.25, 0.3) is 0 Å². The highest BCUT2D eigenvalue weighted by atomic mass is 35.5. The van der Waals surface area contributed by atoms with Gasteiger partial charge in [0.2, 0.25) is 0 Å². The van der Waals surface area contributed by atoms with Crippen LogP contribution in [0.1, 0.15) is 22.8 Å². The largest absolute Gasteiger partial charge is 0.385 e. The molecule has 0 radical (unpaired) electrons. The molecule has 0 fully saturated rings. The maximum absolute atomic E-state index is 11.5. The molecule has 0 aromatic heterocycles. The van der Waals surface area contributed by atoms with Crippen LogP contribution in [0.3, 0.4) is 0 Å². The monoisotopic (exact) mass is 324 g/mol. The topological polar surface area (TPSA) is 40.5 Å². The van der Waals surface area contributed by atoms with E-state index in [4.69, 9.17) is 11.6 Å². The lowest BCUT2D eigenvalue weighted by molar-refractivity contribution is -0.0517. The van der Waals surface area contributed by atoms with Gasteiger partial charge < -0.3 is 10.2 Å². The number of aliphatic hydroxyl groups is 2. The Hall–Kier alpha value is -2.13. The van der Waals surface area contributed by atoms with Crippen LogP contribution in [0.5, 0.6) is 0 Å². The van der Waals surface area contributed by atoms with E-state index < -0.39 is 11.7 Å². The number of halogens is 1. The number of benzene rings is 3. The van der Waals surface area contributed by atoms with E-state index in [0.29, 0.717) is 21.7 Å². The third kappa shape index (κ3) is 3.02. The maximum Gasteiger partial charge on any atom is 0.145 e. The second-order valence-corrected chi connectivity index (χ2v) is 5.89. The van der Waals surface area contributed by atoms with Crippen molar-refractivity contribution in [2.24, 2.45) is 0 Å². The van der Waals surface area contributed by atoms with Gasteiger partial charge in [-0.25, -0.2) is 0 Å². The lowest BCUT2D eigenvalue weighted by Gasteiger charge is -2.34. The Kier molecular flexibility index (Phi) is 4.49. The van der Waals surface area contributed by atoms with Gasteiger partial charge in [-0.05, 0) is 28.8 Å². The van der Waals surface area contributed by atoms with Crippen molar-refractivity contribution in [1.82, 2.24) is 0 Å². The third-order valence-electron chi connectivity index (χ3n) is 4.01. The molecule has 23 heavy (non-hydrogen) atoms. The fourth-order valence-electron chi connectivity index (χ4n) is 2.76. The molecular weight excluding hydrogens is 308 g/mol. The molecule has 0 heterocycles. The molecule has 0 aliphatic rings. The van der Waals surface area contributed by atoms with Crippen LogP contribution < -0.4 is 0 Å². The minimum absolute atomic E-state index is 0.582.